The Labute approximate surface area is 187 Å². The van der Waals surface area contributed by atoms with Crippen LogP contribution in [0.15, 0.2) is 45.7 Å². The molecule has 32 heavy (non-hydrogen) atoms. The molecule has 2 heterocycles. The van der Waals surface area contributed by atoms with Crippen LogP contribution in [0.3, 0.4) is 0 Å². The molecule has 1 aromatic carbocycles. The zero-order valence-corrected chi connectivity index (χ0v) is 18.5. The maximum Gasteiger partial charge on any atom is 0.418 e. The molecule has 0 aromatic heterocycles. The van der Waals surface area contributed by atoms with E-state index >= 15 is 0 Å². The molecule has 1 saturated heterocycles. The molecule has 3 aliphatic carbocycles. The zero-order valence-electron chi connectivity index (χ0n) is 18.5. The molecule has 0 bridgehead atoms. The zero-order chi connectivity index (χ0) is 21.9. The predicted octanol–water partition coefficient (Wildman–Crippen LogP) is 7.20. The standard InChI is InChI=1S/C26H30F3N3/c27-26(28,29)22-13-12-19(31-14-3-4-15-31)16-23(22)32-25(18-10-11-18)21-9-5-8-20(21)24(30-32)17-6-1-2-7-17/h12-13,16-17H,1-11,14-15H2. The maximum absolute atomic E-state index is 14.2. The maximum atomic E-state index is 14.2. The Kier molecular flexibility index (Phi) is 4.88. The van der Waals surface area contributed by atoms with Crippen molar-refractivity contribution in [3.8, 4) is 0 Å². The van der Waals surface area contributed by atoms with E-state index in [0.717, 1.165) is 88.0 Å². The van der Waals surface area contributed by atoms with Crippen LogP contribution in [-0.4, -0.2) is 18.8 Å². The van der Waals surface area contributed by atoms with E-state index in [0.29, 0.717) is 5.92 Å². The lowest BCUT2D eigenvalue weighted by Crippen LogP contribution is -2.30. The van der Waals surface area contributed by atoms with Gasteiger partial charge in [0.1, 0.15) is 0 Å². The summed E-state index contributed by atoms with van der Waals surface area (Å²) >= 11 is 0. The van der Waals surface area contributed by atoms with Crippen LogP contribution in [0.4, 0.5) is 24.5 Å². The molecule has 6 heteroatoms. The van der Waals surface area contributed by atoms with E-state index in [1.54, 1.807) is 17.1 Å². The van der Waals surface area contributed by atoms with Crippen molar-refractivity contribution in [1.29, 1.82) is 0 Å². The lowest BCUT2D eigenvalue weighted by molar-refractivity contribution is -0.137. The third-order valence-electron chi connectivity index (χ3n) is 7.80. The van der Waals surface area contributed by atoms with E-state index in [1.807, 2.05) is 0 Å². The molecule has 2 saturated carbocycles. The number of benzene rings is 1. The van der Waals surface area contributed by atoms with Gasteiger partial charge in [0.05, 0.1) is 22.7 Å². The van der Waals surface area contributed by atoms with Crippen molar-refractivity contribution in [1.82, 2.24) is 0 Å². The molecule has 3 fully saturated rings. The largest absolute Gasteiger partial charge is 0.418 e. The van der Waals surface area contributed by atoms with Gasteiger partial charge in [0, 0.05) is 24.7 Å². The first-order valence-corrected chi connectivity index (χ1v) is 12.3. The Bertz CT molecular complexity index is 1020. The molecule has 5 aliphatic rings. The summed E-state index contributed by atoms with van der Waals surface area (Å²) in [6, 6.07) is 4.68. The number of alkyl halides is 3. The van der Waals surface area contributed by atoms with Crippen LogP contribution >= 0.6 is 0 Å². The van der Waals surface area contributed by atoms with Gasteiger partial charge < -0.3 is 4.90 Å². The van der Waals surface area contributed by atoms with Gasteiger partial charge >= 0.3 is 6.18 Å². The van der Waals surface area contributed by atoms with Crippen molar-refractivity contribution >= 4 is 17.1 Å². The van der Waals surface area contributed by atoms with Crippen LogP contribution in [0.25, 0.3) is 0 Å². The van der Waals surface area contributed by atoms with Crippen molar-refractivity contribution in [2.75, 3.05) is 23.0 Å². The number of rotatable bonds is 3. The van der Waals surface area contributed by atoms with Crippen LogP contribution < -0.4 is 9.91 Å². The highest BCUT2D eigenvalue weighted by molar-refractivity contribution is 6.06. The van der Waals surface area contributed by atoms with Crippen molar-refractivity contribution in [2.24, 2.45) is 11.0 Å². The fourth-order valence-electron chi connectivity index (χ4n) is 6.10. The molecule has 0 amide bonds. The fourth-order valence-corrected chi connectivity index (χ4v) is 6.10. The first-order chi connectivity index (χ1) is 15.5. The molecular formula is C26H30F3N3. The fraction of sp³-hybridized carbons (Fsp3) is 0.577. The van der Waals surface area contributed by atoms with Crippen LogP contribution in [0.5, 0.6) is 0 Å². The molecular weight excluding hydrogens is 411 g/mol. The Morgan fingerprint density at radius 3 is 2.25 bits per heavy atom. The van der Waals surface area contributed by atoms with Gasteiger partial charge in [0.2, 0.25) is 0 Å². The van der Waals surface area contributed by atoms with Gasteiger partial charge in [-0.25, -0.2) is 5.01 Å². The Morgan fingerprint density at radius 1 is 0.844 bits per heavy atom. The van der Waals surface area contributed by atoms with Gasteiger partial charge in [-0.3, -0.25) is 0 Å². The summed E-state index contributed by atoms with van der Waals surface area (Å²) in [5.74, 6) is 0.391. The van der Waals surface area contributed by atoms with Gasteiger partial charge in [-0.15, -0.1) is 0 Å². The Balaban J connectivity index is 1.52. The average Bonchev–Trinajstić information content (AvgIpc) is 3.23. The Morgan fingerprint density at radius 2 is 1.56 bits per heavy atom. The number of allylic oxidation sites excluding steroid dienone is 3. The van der Waals surface area contributed by atoms with Crippen molar-refractivity contribution < 1.29 is 13.2 Å². The highest BCUT2D eigenvalue weighted by Crippen LogP contribution is 2.50. The molecule has 3 nitrogen and oxygen atoms in total. The number of hydrogen-bond donors (Lipinski definition) is 0. The normalized spacial score (nSPS) is 24.0. The van der Waals surface area contributed by atoms with Gasteiger partial charge in [-0.1, -0.05) is 12.8 Å². The van der Waals surface area contributed by atoms with E-state index in [4.69, 9.17) is 5.10 Å². The summed E-state index contributed by atoms with van der Waals surface area (Å²) in [6.07, 6.45) is 7.40. The van der Waals surface area contributed by atoms with E-state index in [-0.39, 0.29) is 5.69 Å². The second kappa shape index (κ2) is 7.67. The number of anilines is 2. The van der Waals surface area contributed by atoms with Crippen LogP contribution in [0.2, 0.25) is 0 Å². The van der Waals surface area contributed by atoms with Crippen LogP contribution in [0.1, 0.15) is 76.2 Å². The van der Waals surface area contributed by atoms with Gasteiger partial charge in [0.25, 0.3) is 0 Å². The second-order valence-electron chi connectivity index (χ2n) is 9.93. The number of nitrogens with zero attached hydrogens (tertiary/aromatic N) is 3. The van der Waals surface area contributed by atoms with Gasteiger partial charge in [-0.05, 0) is 92.7 Å². The van der Waals surface area contributed by atoms with Crippen molar-refractivity contribution in [3.05, 3.63) is 46.2 Å². The summed E-state index contributed by atoms with van der Waals surface area (Å²) in [5.41, 5.74) is 6.51. The monoisotopic (exact) mass is 441 g/mol. The smallest absolute Gasteiger partial charge is 0.371 e. The highest BCUT2D eigenvalue weighted by Gasteiger charge is 2.41. The molecule has 170 valence electrons. The summed E-state index contributed by atoms with van der Waals surface area (Å²) in [5, 5.41) is 6.80. The number of hydrazone groups is 1. The average molecular weight is 442 g/mol. The molecule has 0 unspecified atom stereocenters. The van der Waals surface area contributed by atoms with E-state index in [1.165, 1.54) is 35.6 Å². The summed E-state index contributed by atoms with van der Waals surface area (Å²) < 4.78 is 42.6. The van der Waals surface area contributed by atoms with E-state index in [2.05, 4.69) is 4.90 Å². The third-order valence-corrected chi connectivity index (χ3v) is 7.80. The molecule has 6 rings (SSSR count). The number of halogens is 3. The molecule has 2 aliphatic heterocycles. The second-order valence-corrected chi connectivity index (χ2v) is 9.93. The summed E-state index contributed by atoms with van der Waals surface area (Å²) in [6.45, 7) is 1.81. The lowest BCUT2D eigenvalue weighted by Gasteiger charge is -2.34. The first-order valence-electron chi connectivity index (χ1n) is 12.3. The molecule has 0 atom stereocenters. The first kappa shape index (κ1) is 20.4. The van der Waals surface area contributed by atoms with Crippen molar-refractivity contribution in [2.45, 2.75) is 76.8 Å². The third kappa shape index (κ3) is 3.46. The SMILES string of the molecule is FC(F)(F)c1ccc(N2CCCC2)cc1N1N=C(C2CCCC2)C2=C(CCC2)C1=C1CC1. The van der Waals surface area contributed by atoms with Gasteiger partial charge in [0.15, 0.2) is 0 Å². The van der Waals surface area contributed by atoms with Crippen molar-refractivity contribution in [3.63, 3.8) is 0 Å². The molecule has 1 aromatic rings. The summed E-state index contributed by atoms with van der Waals surface area (Å²) in [7, 11) is 0. The molecule has 0 spiro atoms. The minimum atomic E-state index is -4.41. The minimum absolute atomic E-state index is 0.213. The highest BCUT2D eigenvalue weighted by atomic mass is 19.4. The molecule has 0 N–H and O–H groups in total. The van der Waals surface area contributed by atoms with Gasteiger partial charge in [-0.2, -0.15) is 18.3 Å². The van der Waals surface area contributed by atoms with Crippen LogP contribution in [0, 0.1) is 5.92 Å². The predicted molar refractivity (Wildman–Crippen MR) is 122 cm³/mol. The topological polar surface area (TPSA) is 18.8 Å². The minimum Gasteiger partial charge on any atom is -0.371 e. The summed E-state index contributed by atoms with van der Waals surface area (Å²) in [4.78, 5) is 2.21. The quantitative estimate of drug-likeness (QED) is 0.494. The molecule has 0 radical (unpaired) electrons. The van der Waals surface area contributed by atoms with E-state index in [9.17, 15) is 13.2 Å². The lowest BCUT2D eigenvalue weighted by atomic mass is 9.90. The Hall–Kier alpha value is -2.24. The van der Waals surface area contributed by atoms with Crippen LogP contribution in [-0.2, 0) is 6.18 Å². The number of hydrogen-bond acceptors (Lipinski definition) is 3. The van der Waals surface area contributed by atoms with E-state index < -0.39 is 11.7 Å².